The Morgan fingerprint density at radius 3 is 2.70 bits per heavy atom. The first-order chi connectivity index (χ1) is 9.57. The van der Waals surface area contributed by atoms with E-state index in [-0.39, 0.29) is 6.04 Å². The lowest BCUT2D eigenvalue weighted by Gasteiger charge is -2.30. The van der Waals surface area contributed by atoms with E-state index in [9.17, 15) is 8.42 Å². The predicted octanol–water partition coefficient (Wildman–Crippen LogP) is 2.81. The number of nitrogens with one attached hydrogen (secondary N) is 1. The molecule has 4 nitrogen and oxygen atoms in total. The van der Waals surface area contributed by atoms with Crippen molar-refractivity contribution in [2.75, 3.05) is 13.6 Å². The van der Waals surface area contributed by atoms with Gasteiger partial charge in [0, 0.05) is 24.5 Å². The lowest BCUT2D eigenvalue weighted by atomic mass is 9.96. The molecule has 0 saturated heterocycles. The van der Waals surface area contributed by atoms with Crippen molar-refractivity contribution < 1.29 is 8.42 Å². The van der Waals surface area contributed by atoms with Crippen molar-refractivity contribution in [2.45, 2.75) is 56.5 Å². The molecule has 114 valence electrons. The van der Waals surface area contributed by atoms with Crippen molar-refractivity contribution in [3.8, 4) is 0 Å². The average Bonchev–Trinajstić information content (AvgIpc) is 2.94. The molecule has 2 rings (SSSR count). The van der Waals surface area contributed by atoms with Gasteiger partial charge in [0.25, 0.3) is 0 Å². The van der Waals surface area contributed by atoms with Gasteiger partial charge in [-0.1, -0.05) is 26.2 Å². The van der Waals surface area contributed by atoms with Crippen LogP contribution in [-0.2, 0) is 16.6 Å². The zero-order chi connectivity index (χ0) is 14.6. The molecule has 0 bridgehead atoms. The van der Waals surface area contributed by atoms with Gasteiger partial charge in [0.15, 0.2) is 0 Å². The summed E-state index contributed by atoms with van der Waals surface area (Å²) in [5.74, 6) is 0. The fourth-order valence-electron chi connectivity index (χ4n) is 2.72. The van der Waals surface area contributed by atoms with Gasteiger partial charge in [0.2, 0.25) is 10.0 Å². The van der Waals surface area contributed by atoms with Crippen LogP contribution in [0.25, 0.3) is 0 Å². The van der Waals surface area contributed by atoms with Gasteiger partial charge in [0.1, 0.15) is 0 Å². The van der Waals surface area contributed by atoms with Gasteiger partial charge in [-0.05, 0) is 30.8 Å². The summed E-state index contributed by atoms with van der Waals surface area (Å²) in [7, 11) is -1.62. The number of hydrogen-bond acceptors (Lipinski definition) is 4. The molecule has 1 fully saturated rings. The standard InChI is InChI=1S/C14H24N2O2S2/c1-3-15-11-13-14(9-10-19-13)20(17,18)16(2)12-7-5-4-6-8-12/h9-10,12,15H,3-8,11H2,1-2H3. The second-order valence-corrected chi connectivity index (χ2v) is 8.27. The maximum atomic E-state index is 12.8. The summed E-state index contributed by atoms with van der Waals surface area (Å²) >= 11 is 1.51. The molecule has 0 atom stereocenters. The second-order valence-electron chi connectivity index (χ2n) is 5.30. The summed E-state index contributed by atoms with van der Waals surface area (Å²) in [4.78, 5) is 1.39. The predicted molar refractivity (Wildman–Crippen MR) is 83.5 cm³/mol. The molecule has 0 amide bonds. The summed E-state index contributed by atoms with van der Waals surface area (Å²) in [6.07, 6.45) is 5.48. The molecule has 1 saturated carbocycles. The Balaban J connectivity index is 2.18. The van der Waals surface area contributed by atoms with Gasteiger partial charge < -0.3 is 5.32 Å². The smallest absolute Gasteiger partial charge is 0.244 e. The van der Waals surface area contributed by atoms with Gasteiger partial charge in [-0.15, -0.1) is 11.3 Å². The van der Waals surface area contributed by atoms with Crippen LogP contribution in [0.5, 0.6) is 0 Å². The number of rotatable bonds is 6. The van der Waals surface area contributed by atoms with Crippen molar-refractivity contribution >= 4 is 21.4 Å². The Morgan fingerprint density at radius 1 is 1.35 bits per heavy atom. The van der Waals surface area contributed by atoms with Crippen molar-refractivity contribution in [2.24, 2.45) is 0 Å². The van der Waals surface area contributed by atoms with Gasteiger partial charge >= 0.3 is 0 Å². The number of nitrogens with zero attached hydrogens (tertiary/aromatic N) is 1. The first-order valence-corrected chi connectivity index (χ1v) is 9.64. The maximum absolute atomic E-state index is 12.8. The van der Waals surface area contributed by atoms with Gasteiger partial charge in [-0.3, -0.25) is 0 Å². The lowest BCUT2D eigenvalue weighted by molar-refractivity contribution is 0.285. The van der Waals surface area contributed by atoms with Crippen molar-refractivity contribution in [3.05, 3.63) is 16.3 Å². The molecular weight excluding hydrogens is 292 g/mol. The fraction of sp³-hybridized carbons (Fsp3) is 0.714. The molecule has 1 aliphatic rings. The molecule has 20 heavy (non-hydrogen) atoms. The van der Waals surface area contributed by atoms with Crippen LogP contribution < -0.4 is 5.32 Å². The van der Waals surface area contributed by atoms with E-state index in [2.05, 4.69) is 5.32 Å². The van der Waals surface area contributed by atoms with Crippen molar-refractivity contribution in [1.82, 2.24) is 9.62 Å². The highest BCUT2D eigenvalue weighted by Crippen LogP contribution is 2.29. The quantitative estimate of drug-likeness (QED) is 0.878. The highest BCUT2D eigenvalue weighted by molar-refractivity contribution is 7.89. The van der Waals surface area contributed by atoms with Crippen LogP contribution in [0.3, 0.4) is 0 Å². The van der Waals surface area contributed by atoms with Gasteiger partial charge in [-0.25, -0.2) is 8.42 Å². The summed E-state index contributed by atoms with van der Waals surface area (Å²) in [5, 5.41) is 5.08. The molecule has 1 aromatic heterocycles. The van der Waals surface area contributed by atoms with E-state index >= 15 is 0 Å². The Bertz CT molecular complexity index is 519. The van der Waals surface area contributed by atoms with Crippen LogP contribution in [-0.4, -0.2) is 32.4 Å². The van der Waals surface area contributed by atoms with Crippen LogP contribution in [0, 0.1) is 0 Å². The van der Waals surface area contributed by atoms with E-state index in [1.54, 1.807) is 17.4 Å². The summed E-state index contributed by atoms with van der Waals surface area (Å²) in [6.45, 7) is 3.49. The highest BCUT2D eigenvalue weighted by Gasteiger charge is 2.30. The maximum Gasteiger partial charge on any atom is 0.244 e. The minimum atomic E-state index is -3.35. The summed E-state index contributed by atoms with van der Waals surface area (Å²) in [5.41, 5.74) is 0. The third-order valence-electron chi connectivity index (χ3n) is 3.99. The third kappa shape index (κ3) is 3.42. The minimum Gasteiger partial charge on any atom is -0.312 e. The Morgan fingerprint density at radius 2 is 2.05 bits per heavy atom. The lowest BCUT2D eigenvalue weighted by Crippen LogP contribution is -2.38. The van der Waals surface area contributed by atoms with Crippen LogP contribution >= 0.6 is 11.3 Å². The molecule has 1 aromatic rings. The first-order valence-electron chi connectivity index (χ1n) is 7.32. The molecule has 0 aromatic carbocycles. The molecule has 1 aliphatic carbocycles. The van der Waals surface area contributed by atoms with E-state index in [4.69, 9.17) is 0 Å². The number of sulfonamides is 1. The molecule has 0 unspecified atom stereocenters. The first kappa shape index (κ1) is 15.9. The number of thiophene rings is 1. The van der Waals surface area contributed by atoms with E-state index < -0.39 is 10.0 Å². The normalized spacial score (nSPS) is 17.8. The Labute approximate surface area is 126 Å². The van der Waals surface area contributed by atoms with Crippen LogP contribution in [0.4, 0.5) is 0 Å². The minimum absolute atomic E-state index is 0.167. The molecule has 0 radical (unpaired) electrons. The Kier molecular flexibility index (Phi) is 5.60. The van der Waals surface area contributed by atoms with E-state index in [1.807, 2.05) is 12.3 Å². The van der Waals surface area contributed by atoms with Crippen molar-refractivity contribution in [3.63, 3.8) is 0 Å². The van der Waals surface area contributed by atoms with E-state index in [0.29, 0.717) is 11.4 Å². The third-order valence-corrected chi connectivity index (χ3v) is 7.03. The Hall–Kier alpha value is -0.430. The van der Waals surface area contributed by atoms with Crippen molar-refractivity contribution in [1.29, 1.82) is 0 Å². The van der Waals surface area contributed by atoms with Gasteiger partial charge in [0.05, 0.1) is 4.90 Å². The molecular formula is C14H24N2O2S2. The molecule has 1 N–H and O–H groups in total. The zero-order valence-corrected chi connectivity index (χ0v) is 13.9. The monoisotopic (exact) mass is 316 g/mol. The molecule has 1 heterocycles. The van der Waals surface area contributed by atoms with E-state index in [1.165, 1.54) is 17.8 Å². The summed E-state index contributed by atoms with van der Waals surface area (Å²) < 4.78 is 27.2. The summed E-state index contributed by atoms with van der Waals surface area (Å²) in [6, 6.07) is 1.91. The van der Waals surface area contributed by atoms with Crippen LogP contribution in [0.15, 0.2) is 16.3 Å². The largest absolute Gasteiger partial charge is 0.312 e. The fourth-order valence-corrected chi connectivity index (χ4v) is 5.52. The SMILES string of the molecule is CCNCc1sccc1S(=O)(=O)N(C)C1CCCCC1. The molecule has 0 spiro atoms. The van der Waals surface area contributed by atoms with Crippen LogP contribution in [0.1, 0.15) is 43.9 Å². The second kappa shape index (κ2) is 7.02. The van der Waals surface area contributed by atoms with E-state index in [0.717, 1.165) is 37.1 Å². The zero-order valence-electron chi connectivity index (χ0n) is 12.3. The van der Waals surface area contributed by atoms with Gasteiger partial charge in [-0.2, -0.15) is 4.31 Å². The van der Waals surface area contributed by atoms with Crippen LogP contribution in [0.2, 0.25) is 0 Å². The highest BCUT2D eigenvalue weighted by atomic mass is 32.2. The average molecular weight is 316 g/mol. The molecule has 6 heteroatoms. The number of hydrogen-bond donors (Lipinski definition) is 1. The molecule has 0 aliphatic heterocycles. The topological polar surface area (TPSA) is 49.4 Å².